The quantitative estimate of drug-likeness (QED) is 0.862. The molecule has 1 saturated heterocycles. The van der Waals surface area contributed by atoms with Gasteiger partial charge in [-0.05, 0) is 24.3 Å². The van der Waals surface area contributed by atoms with Gasteiger partial charge in [-0.15, -0.1) is 0 Å². The number of carbonyl (C=O) groups is 1. The second-order valence-corrected chi connectivity index (χ2v) is 5.29. The number of aliphatic hydroxyl groups is 1. The average molecular weight is 247 g/mol. The lowest BCUT2D eigenvalue weighted by Gasteiger charge is -2.36. The van der Waals surface area contributed by atoms with Crippen LogP contribution in [-0.2, 0) is 11.2 Å². The number of carbonyl (C=O) groups excluding carboxylic acids is 1. The number of benzene rings is 1. The van der Waals surface area contributed by atoms with E-state index in [1.54, 1.807) is 4.90 Å². The zero-order chi connectivity index (χ0) is 13.0. The van der Waals surface area contributed by atoms with E-state index in [9.17, 15) is 4.79 Å². The van der Waals surface area contributed by atoms with Gasteiger partial charge in [0.05, 0.1) is 6.10 Å². The van der Waals surface area contributed by atoms with Crippen molar-refractivity contribution < 1.29 is 9.90 Å². The first-order chi connectivity index (χ1) is 8.65. The van der Waals surface area contributed by atoms with Crippen molar-refractivity contribution >= 4 is 5.91 Å². The molecule has 1 fully saturated rings. The molecule has 1 amide bonds. The topological polar surface area (TPSA) is 40.5 Å². The first-order valence-electron chi connectivity index (χ1n) is 6.65. The summed E-state index contributed by atoms with van der Waals surface area (Å²) in [6, 6.07) is 10.4. The summed E-state index contributed by atoms with van der Waals surface area (Å²) in [5.41, 5.74) is 1.33. The summed E-state index contributed by atoms with van der Waals surface area (Å²) in [5.74, 6) is 0.580. The minimum absolute atomic E-state index is 0.181. The molecule has 1 heterocycles. The maximum absolute atomic E-state index is 11.8. The number of rotatable bonds is 5. The molecule has 1 aromatic rings. The van der Waals surface area contributed by atoms with Crippen LogP contribution in [0.1, 0.15) is 25.3 Å². The van der Waals surface area contributed by atoms with E-state index in [2.05, 4.69) is 19.1 Å². The average Bonchev–Trinajstić information content (AvgIpc) is 2.34. The van der Waals surface area contributed by atoms with E-state index in [-0.39, 0.29) is 12.0 Å². The van der Waals surface area contributed by atoms with Gasteiger partial charge in [0.1, 0.15) is 0 Å². The summed E-state index contributed by atoms with van der Waals surface area (Å²) < 4.78 is 0. The molecule has 0 bridgehead atoms. The Labute approximate surface area is 108 Å². The SMILES string of the molecule is CC(CCc1ccccc1)CC(=O)N1CC(O)C1. The summed E-state index contributed by atoms with van der Waals surface area (Å²) in [5, 5.41) is 9.16. The molecule has 2 rings (SSSR count). The lowest BCUT2D eigenvalue weighted by Crippen LogP contribution is -2.53. The summed E-state index contributed by atoms with van der Waals surface area (Å²) in [7, 11) is 0. The fourth-order valence-electron chi connectivity index (χ4n) is 2.25. The molecule has 1 aliphatic heterocycles. The molecule has 1 aromatic carbocycles. The predicted octanol–water partition coefficient (Wildman–Crippen LogP) is 1.85. The number of likely N-dealkylation sites (tertiary alicyclic amines) is 1. The molecule has 1 unspecified atom stereocenters. The minimum Gasteiger partial charge on any atom is -0.389 e. The lowest BCUT2D eigenvalue weighted by atomic mass is 9.97. The molecule has 1 N–H and O–H groups in total. The largest absolute Gasteiger partial charge is 0.389 e. The summed E-state index contributed by atoms with van der Waals surface area (Å²) in [4.78, 5) is 13.5. The van der Waals surface area contributed by atoms with Gasteiger partial charge in [0.15, 0.2) is 0 Å². The smallest absolute Gasteiger partial charge is 0.223 e. The maximum atomic E-state index is 11.8. The van der Waals surface area contributed by atoms with Crippen molar-refractivity contribution in [3.63, 3.8) is 0 Å². The molecule has 18 heavy (non-hydrogen) atoms. The van der Waals surface area contributed by atoms with Gasteiger partial charge in [-0.2, -0.15) is 0 Å². The van der Waals surface area contributed by atoms with E-state index < -0.39 is 0 Å². The second-order valence-electron chi connectivity index (χ2n) is 5.29. The highest BCUT2D eigenvalue weighted by Crippen LogP contribution is 2.17. The van der Waals surface area contributed by atoms with Crippen LogP contribution >= 0.6 is 0 Å². The van der Waals surface area contributed by atoms with Crippen LogP contribution in [-0.4, -0.2) is 35.1 Å². The van der Waals surface area contributed by atoms with Crippen LogP contribution in [0.2, 0.25) is 0 Å². The van der Waals surface area contributed by atoms with E-state index in [4.69, 9.17) is 5.11 Å². The van der Waals surface area contributed by atoms with Gasteiger partial charge in [0.2, 0.25) is 5.91 Å². The lowest BCUT2D eigenvalue weighted by molar-refractivity contribution is -0.142. The molecular formula is C15H21NO2. The van der Waals surface area contributed by atoms with Crippen LogP contribution in [0.5, 0.6) is 0 Å². The first-order valence-corrected chi connectivity index (χ1v) is 6.65. The maximum Gasteiger partial charge on any atom is 0.223 e. The molecule has 0 saturated carbocycles. The highest BCUT2D eigenvalue weighted by molar-refractivity contribution is 5.77. The number of nitrogens with zero attached hydrogens (tertiary/aromatic N) is 1. The van der Waals surface area contributed by atoms with Crippen LogP contribution in [0.3, 0.4) is 0 Å². The number of aliphatic hydroxyl groups excluding tert-OH is 1. The third-order valence-corrected chi connectivity index (χ3v) is 3.51. The Morgan fingerprint density at radius 1 is 1.39 bits per heavy atom. The van der Waals surface area contributed by atoms with Gasteiger partial charge in [-0.3, -0.25) is 4.79 Å². The molecule has 0 radical (unpaired) electrons. The van der Waals surface area contributed by atoms with Gasteiger partial charge in [-0.25, -0.2) is 0 Å². The summed E-state index contributed by atoms with van der Waals surface area (Å²) >= 11 is 0. The second kappa shape index (κ2) is 6.01. The van der Waals surface area contributed by atoms with Gasteiger partial charge >= 0.3 is 0 Å². The van der Waals surface area contributed by atoms with Crippen LogP contribution in [0.4, 0.5) is 0 Å². The highest BCUT2D eigenvalue weighted by atomic mass is 16.3. The van der Waals surface area contributed by atoms with Crippen molar-refractivity contribution in [1.82, 2.24) is 4.90 Å². The Morgan fingerprint density at radius 3 is 2.67 bits per heavy atom. The standard InChI is InChI=1S/C15H21NO2/c1-12(7-8-13-5-3-2-4-6-13)9-15(18)16-10-14(17)11-16/h2-6,12,14,17H,7-11H2,1H3. The molecule has 1 aliphatic rings. The number of aryl methyl sites for hydroxylation is 1. The molecule has 1 atom stereocenters. The third kappa shape index (κ3) is 3.57. The zero-order valence-corrected chi connectivity index (χ0v) is 10.9. The Kier molecular flexibility index (Phi) is 4.37. The molecular weight excluding hydrogens is 226 g/mol. The van der Waals surface area contributed by atoms with E-state index in [0.717, 1.165) is 12.8 Å². The monoisotopic (exact) mass is 247 g/mol. The van der Waals surface area contributed by atoms with Crippen molar-refractivity contribution in [3.8, 4) is 0 Å². The van der Waals surface area contributed by atoms with Crippen molar-refractivity contribution in [2.45, 2.75) is 32.3 Å². The molecule has 3 heteroatoms. The Balaban J connectivity index is 1.69. The molecule has 0 aromatic heterocycles. The number of β-amino-alcohol motifs (C(OH)–C–C–N with tert-alkyl or cyclic N) is 1. The van der Waals surface area contributed by atoms with Crippen LogP contribution in [0.15, 0.2) is 30.3 Å². The van der Waals surface area contributed by atoms with Crippen molar-refractivity contribution in [2.24, 2.45) is 5.92 Å². The van der Waals surface area contributed by atoms with E-state index >= 15 is 0 Å². The van der Waals surface area contributed by atoms with E-state index in [1.165, 1.54) is 5.56 Å². The minimum atomic E-state index is -0.298. The van der Waals surface area contributed by atoms with Crippen molar-refractivity contribution in [3.05, 3.63) is 35.9 Å². The highest BCUT2D eigenvalue weighted by Gasteiger charge is 2.28. The Hall–Kier alpha value is -1.35. The van der Waals surface area contributed by atoms with Crippen molar-refractivity contribution in [2.75, 3.05) is 13.1 Å². The fraction of sp³-hybridized carbons (Fsp3) is 0.533. The van der Waals surface area contributed by atoms with Crippen LogP contribution < -0.4 is 0 Å². The van der Waals surface area contributed by atoms with E-state index in [1.807, 2.05) is 18.2 Å². The van der Waals surface area contributed by atoms with Gasteiger partial charge in [0, 0.05) is 19.5 Å². The Bertz CT molecular complexity index is 385. The van der Waals surface area contributed by atoms with Crippen LogP contribution in [0.25, 0.3) is 0 Å². The molecule has 3 nitrogen and oxygen atoms in total. The number of amides is 1. The van der Waals surface area contributed by atoms with Crippen molar-refractivity contribution in [1.29, 1.82) is 0 Å². The van der Waals surface area contributed by atoms with E-state index in [0.29, 0.717) is 25.4 Å². The molecule has 0 spiro atoms. The molecule has 98 valence electrons. The number of hydrogen-bond acceptors (Lipinski definition) is 2. The fourth-order valence-corrected chi connectivity index (χ4v) is 2.25. The van der Waals surface area contributed by atoms with Gasteiger partial charge in [0.25, 0.3) is 0 Å². The number of hydrogen-bond donors (Lipinski definition) is 1. The summed E-state index contributed by atoms with van der Waals surface area (Å²) in [6.07, 6.45) is 2.36. The van der Waals surface area contributed by atoms with Gasteiger partial charge < -0.3 is 10.0 Å². The third-order valence-electron chi connectivity index (χ3n) is 3.51. The van der Waals surface area contributed by atoms with Crippen LogP contribution in [0, 0.1) is 5.92 Å². The molecule has 0 aliphatic carbocycles. The Morgan fingerprint density at radius 2 is 2.06 bits per heavy atom. The predicted molar refractivity (Wildman–Crippen MR) is 71.1 cm³/mol. The zero-order valence-electron chi connectivity index (χ0n) is 10.9. The normalized spacial score (nSPS) is 17.3. The first kappa shape index (κ1) is 13.1. The van der Waals surface area contributed by atoms with Gasteiger partial charge in [-0.1, -0.05) is 37.3 Å². The summed E-state index contributed by atoms with van der Waals surface area (Å²) in [6.45, 7) is 3.16.